The molecule has 1 unspecified atom stereocenters. The van der Waals surface area contributed by atoms with Crippen LogP contribution >= 0.6 is 0 Å². The van der Waals surface area contributed by atoms with Crippen molar-refractivity contribution in [2.45, 2.75) is 25.8 Å². The van der Waals surface area contributed by atoms with Crippen LogP contribution in [0.25, 0.3) is 11.3 Å². The molecule has 1 aromatic heterocycles. The summed E-state index contributed by atoms with van der Waals surface area (Å²) in [6, 6.07) is 7.50. The van der Waals surface area contributed by atoms with Crippen molar-refractivity contribution in [1.82, 2.24) is 15.8 Å². The quantitative estimate of drug-likeness (QED) is 0.281. The number of amides is 2. The molecule has 0 aliphatic carbocycles. The summed E-state index contributed by atoms with van der Waals surface area (Å²) in [5.74, 6) is -10.2. The van der Waals surface area contributed by atoms with Gasteiger partial charge in [0.1, 0.15) is 12.6 Å². The molecule has 2 N–H and O–H groups in total. The number of carbonyl (C=O) groups is 4. The van der Waals surface area contributed by atoms with Crippen molar-refractivity contribution in [2.24, 2.45) is 0 Å². The lowest BCUT2D eigenvalue weighted by Crippen LogP contribution is -2.48. The van der Waals surface area contributed by atoms with Gasteiger partial charge in [0.05, 0.1) is 13.0 Å². The molecule has 1 atom stereocenters. The number of rotatable bonds is 6. The molecule has 1 aliphatic heterocycles. The van der Waals surface area contributed by atoms with Crippen LogP contribution in [0.2, 0.25) is 0 Å². The minimum absolute atomic E-state index is 0.0979. The van der Waals surface area contributed by atoms with Crippen molar-refractivity contribution < 1.29 is 46.3 Å². The van der Waals surface area contributed by atoms with Gasteiger partial charge in [-0.05, 0) is 18.1 Å². The second kappa shape index (κ2) is 11.2. The molecule has 10 nitrogen and oxygen atoms in total. The van der Waals surface area contributed by atoms with Crippen LogP contribution in [-0.4, -0.2) is 47.9 Å². The number of fused-ring (bicyclic) bond motifs is 1. The summed E-state index contributed by atoms with van der Waals surface area (Å²) < 4.78 is 56.3. The molecular weight excluding hydrogens is 511 g/mol. The third kappa shape index (κ3) is 5.82. The monoisotopic (exact) mass is 531 g/mol. The van der Waals surface area contributed by atoms with Crippen molar-refractivity contribution in [3.05, 3.63) is 65.1 Å². The van der Waals surface area contributed by atoms with Crippen molar-refractivity contribution >= 4 is 23.6 Å². The van der Waals surface area contributed by atoms with Gasteiger partial charge in [0, 0.05) is 17.7 Å². The first-order valence-electron chi connectivity index (χ1n) is 11.3. The Balaban J connectivity index is 1.37. The maximum absolute atomic E-state index is 14.0. The third-order valence-electron chi connectivity index (χ3n) is 5.53. The normalized spacial score (nSPS) is 15.3. The number of halogens is 3. The lowest BCUT2D eigenvalue weighted by atomic mass is 10.1. The van der Waals surface area contributed by atoms with Crippen molar-refractivity contribution in [1.29, 1.82) is 0 Å². The highest BCUT2D eigenvalue weighted by molar-refractivity contribution is 5.97. The van der Waals surface area contributed by atoms with Gasteiger partial charge in [0.25, 0.3) is 5.91 Å². The molecule has 198 valence electrons. The number of aromatic nitrogens is 1. The molecule has 13 heteroatoms. The Labute approximate surface area is 213 Å². The Morgan fingerprint density at radius 3 is 2.63 bits per heavy atom. The van der Waals surface area contributed by atoms with E-state index in [1.54, 1.807) is 6.07 Å². The van der Waals surface area contributed by atoms with Crippen LogP contribution in [0.1, 0.15) is 29.4 Å². The first-order valence-corrected chi connectivity index (χ1v) is 11.3. The van der Waals surface area contributed by atoms with Crippen molar-refractivity contribution in [2.75, 3.05) is 13.2 Å². The summed E-state index contributed by atoms with van der Waals surface area (Å²) in [5, 5.41) is 8.23. The second-order valence-electron chi connectivity index (χ2n) is 8.18. The standard InChI is InChI=1S/C25H20F3N3O7/c1-2-12-4-3-5-13(6-12)19-8-17(31-38-19)25(35)29-10-20(33)30-16-9-21(34)37-23-15(27)7-14(26)22(28)24(23)36-11-18(16)32/h3-8,16H,2,9-11H2,1H3,(H,29,35)(H,30,33). The molecule has 0 bridgehead atoms. The zero-order chi connectivity index (χ0) is 27.4. The van der Waals surface area contributed by atoms with Crippen LogP contribution in [0, 0.1) is 17.5 Å². The SMILES string of the molecule is CCc1cccc(-c2cc(C(=O)NCC(=O)NC3CC(=O)Oc4c(F)cc(F)c(F)c4OCC3=O)no2)c1. The minimum Gasteiger partial charge on any atom is -0.479 e. The number of nitrogens with one attached hydrogen (secondary N) is 2. The van der Waals surface area contributed by atoms with Crippen molar-refractivity contribution in [3.63, 3.8) is 0 Å². The van der Waals surface area contributed by atoms with Crippen LogP contribution in [0.5, 0.6) is 11.5 Å². The topological polar surface area (TPSA) is 137 Å². The zero-order valence-electron chi connectivity index (χ0n) is 19.8. The van der Waals surface area contributed by atoms with E-state index in [0.29, 0.717) is 11.3 Å². The lowest BCUT2D eigenvalue weighted by Gasteiger charge is -2.15. The number of hydrogen-bond acceptors (Lipinski definition) is 8. The maximum atomic E-state index is 14.0. The maximum Gasteiger partial charge on any atom is 0.313 e. The smallest absolute Gasteiger partial charge is 0.313 e. The summed E-state index contributed by atoms with van der Waals surface area (Å²) in [7, 11) is 0. The Bertz CT molecular complexity index is 1420. The van der Waals surface area contributed by atoms with Gasteiger partial charge in [-0.1, -0.05) is 30.3 Å². The lowest BCUT2D eigenvalue weighted by molar-refractivity contribution is -0.137. The number of benzene rings is 2. The fraction of sp³-hybridized carbons (Fsp3) is 0.240. The van der Waals surface area contributed by atoms with Gasteiger partial charge in [0.2, 0.25) is 23.2 Å². The highest BCUT2D eigenvalue weighted by Gasteiger charge is 2.32. The van der Waals surface area contributed by atoms with Gasteiger partial charge >= 0.3 is 5.97 Å². The number of nitrogens with zero attached hydrogens (tertiary/aromatic N) is 1. The zero-order valence-corrected chi connectivity index (χ0v) is 19.8. The van der Waals surface area contributed by atoms with E-state index in [1.165, 1.54) is 6.07 Å². The predicted molar refractivity (Wildman–Crippen MR) is 123 cm³/mol. The first-order chi connectivity index (χ1) is 18.2. The van der Waals surface area contributed by atoms with Crippen molar-refractivity contribution in [3.8, 4) is 22.8 Å². The van der Waals surface area contributed by atoms with Crippen LogP contribution in [-0.2, 0) is 20.8 Å². The average molecular weight is 531 g/mol. The molecule has 2 aromatic carbocycles. The molecule has 0 spiro atoms. The number of aryl methyl sites for hydroxylation is 1. The van der Waals surface area contributed by atoms with Crippen LogP contribution in [0.3, 0.4) is 0 Å². The number of ketones is 1. The highest BCUT2D eigenvalue weighted by atomic mass is 19.2. The Hall–Kier alpha value is -4.68. The van der Waals surface area contributed by atoms with Gasteiger partial charge in [-0.25, -0.2) is 8.78 Å². The summed E-state index contributed by atoms with van der Waals surface area (Å²) in [4.78, 5) is 49.4. The van der Waals surface area contributed by atoms with E-state index in [1.807, 2.05) is 25.1 Å². The van der Waals surface area contributed by atoms with Gasteiger partial charge < -0.3 is 24.6 Å². The third-order valence-corrected chi connectivity index (χ3v) is 5.53. The fourth-order valence-electron chi connectivity index (χ4n) is 3.55. The first kappa shape index (κ1) is 26.4. The summed E-state index contributed by atoms with van der Waals surface area (Å²) >= 11 is 0. The van der Waals surface area contributed by atoms with Gasteiger partial charge in [0.15, 0.2) is 28.9 Å². The van der Waals surface area contributed by atoms with E-state index in [0.717, 1.165) is 12.0 Å². The van der Waals surface area contributed by atoms with E-state index < -0.39 is 78.1 Å². The molecule has 0 fully saturated rings. The van der Waals surface area contributed by atoms with Crippen LogP contribution in [0.4, 0.5) is 13.2 Å². The molecule has 0 saturated heterocycles. The molecule has 38 heavy (non-hydrogen) atoms. The number of Topliss-reactive ketones (excluding diaryl/α,β-unsaturated/α-hetero) is 1. The number of carbonyl (C=O) groups excluding carboxylic acids is 4. The molecule has 2 heterocycles. The molecule has 1 aliphatic rings. The number of hydrogen-bond donors (Lipinski definition) is 2. The number of esters is 1. The average Bonchev–Trinajstić information content (AvgIpc) is 3.41. The fourth-order valence-corrected chi connectivity index (χ4v) is 3.55. The molecule has 4 rings (SSSR count). The summed E-state index contributed by atoms with van der Waals surface area (Å²) in [6.07, 6.45) is 0.0419. The molecule has 3 aromatic rings. The van der Waals surface area contributed by atoms with E-state index in [-0.39, 0.29) is 11.8 Å². The second-order valence-corrected chi connectivity index (χ2v) is 8.18. The molecule has 0 saturated carbocycles. The van der Waals surface area contributed by atoms with E-state index in [4.69, 9.17) is 14.0 Å². The Kier molecular flexibility index (Phi) is 7.74. The van der Waals surface area contributed by atoms with Gasteiger partial charge in [-0.15, -0.1) is 0 Å². The highest BCUT2D eigenvalue weighted by Crippen LogP contribution is 2.36. The van der Waals surface area contributed by atoms with Gasteiger partial charge in [-0.2, -0.15) is 4.39 Å². The minimum atomic E-state index is -1.65. The summed E-state index contributed by atoms with van der Waals surface area (Å²) in [6.45, 7) is 0.452. The predicted octanol–water partition coefficient (Wildman–Crippen LogP) is 2.49. The Morgan fingerprint density at radius 2 is 1.87 bits per heavy atom. The van der Waals surface area contributed by atoms with E-state index >= 15 is 0 Å². The van der Waals surface area contributed by atoms with E-state index in [9.17, 15) is 32.3 Å². The summed E-state index contributed by atoms with van der Waals surface area (Å²) in [5.41, 5.74) is 1.67. The number of ether oxygens (including phenoxy) is 2. The van der Waals surface area contributed by atoms with E-state index in [2.05, 4.69) is 15.8 Å². The van der Waals surface area contributed by atoms with Gasteiger partial charge in [-0.3, -0.25) is 19.2 Å². The molecular formula is C25H20F3N3O7. The Morgan fingerprint density at radius 1 is 1.08 bits per heavy atom. The molecule has 2 amide bonds. The van der Waals surface area contributed by atoms with Crippen LogP contribution in [0.15, 0.2) is 40.9 Å². The largest absolute Gasteiger partial charge is 0.479 e. The molecule has 0 radical (unpaired) electrons. The van der Waals surface area contributed by atoms with Crippen LogP contribution < -0.4 is 20.1 Å².